The number of carbonyl (C=O) groups is 1. The summed E-state index contributed by atoms with van der Waals surface area (Å²) in [6, 6.07) is 0. The zero-order valence-corrected chi connectivity index (χ0v) is 8.16. The topological polar surface area (TPSA) is 37.3 Å². The van der Waals surface area contributed by atoms with E-state index in [1.165, 1.54) is 0 Å². The van der Waals surface area contributed by atoms with Crippen molar-refractivity contribution in [1.29, 1.82) is 0 Å². The molecule has 0 bridgehead atoms. The molecule has 0 aliphatic rings. The van der Waals surface area contributed by atoms with Crippen LogP contribution in [0.15, 0.2) is 36.5 Å². The van der Waals surface area contributed by atoms with Crippen molar-refractivity contribution in [3.8, 4) is 0 Å². The molecule has 0 aromatic rings. The van der Waals surface area contributed by atoms with E-state index in [0.717, 1.165) is 5.57 Å². The van der Waals surface area contributed by atoms with Crippen molar-refractivity contribution in [1.82, 2.24) is 0 Å². The van der Waals surface area contributed by atoms with Crippen molar-refractivity contribution in [3.63, 3.8) is 0 Å². The maximum absolute atomic E-state index is 10.5. The lowest BCUT2D eigenvalue weighted by atomic mass is 10.0. The Morgan fingerprint density at radius 3 is 2.62 bits per heavy atom. The van der Waals surface area contributed by atoms with E-state index in [2.05, 4.69) is 6.58 Å². The molecule has 0 saturated carbocycles. The van der Waals surface area contributed by atoms with E-state index >= 15 is 0 Å². The Bertz CT molecular complexity index is 236. The van der Waals surface area contributed by atoms with Gasteiger partial charge in [-0.25, -0.2) is 0 Å². The molecule has 0 aliphatic carbocycles. The van der Waals surface area contributed by atoms with Crippen molar-refractivity contribution in [2.24, 2.45) is 5.92 Å². The summed E-state index contributed by atoms with van der Waals surface area (Å²) in [7, 11) is 0. The minimum atomic E-state index is -0.770. The monoisotopic (exact) mass is 180 g/mol. The number of carboxylic acids is 1. The van der Waals surface area contributed by atoms with Crippen LogP contribution in [0.1, 0.15) is 20.3 Å². The summed E-state index contributed by atoms with van der Waals surface area (Å²) >= 11 is 0. The average Bonchev–Trinajstić information content (AvgIpc) is 2.11. The van der Waals surface area contributed by atoms with Gasteiger partial charge < -0.3 is 5.11 Å². The minimum absolute atomic E-state index is 0.352. The predicted octanol–water partition coefficient (Wildman–Crippen LogP) is 2.79. The molecule has 0 amide bonds. The Kier molecular flexibility index (Phi) is 5.60. The molecule has 0 aromatic heterocycles. The van der Waals surface area contributed by atoms with Gasteiger partial charge in [-0.15, -0.1) is 0 Å². The summed E-state index contributed by atoms with van der Waals surface area (Å²) in [5, 5.41) is 8.67. The lowest BCUT2D eigenvalue weighted by molar-refractivity contribution is -0.141. The zero-order valence-electron chi connectivity index (χ0n) is 8.16. The van der Waals surface area contributed by atoms with Gasteiger partial charge in [0.1, 0.15) is 0 Å². The van der Waals surface area contributed by atoms with E-state index in [4.69, 9.17) is 5.11 Å². The highest BCUT2D eigenvalue weighted by molar-refractivity contribution is 5.70. The fourth-order valence-corrected chi connectivity index (χ4v) is 0.880. The molecule has 0 rings (SSSR count). The van der Waals surface area contributed by atoms with Crippen LogP contribution in [0.2, 0.25) is 0 Å². The molecule has 1 atom stereocenters. The van der Waals surface area contributed by atoms with Crippen molar-refractivity contribution < 1.29 is 9.90 Å². The Morgan fingerprint density at radius 2 is 2.23 bits per heavy atom. The Labute approximate surface area is 79.3 Å². The highest BCUT2D eigenvalue weighted by Crippen LogP contribution is 2.12. The third-order valence-electron chi connectivity index (χ3n) is 1.73. The molecule has 0 aromatic carbocycles. The fraction of sp³-hybridized carbons (Fsp3) is 0.364. The standard InChI is InChI=1S/C11H16O2/c1-4-6-7-10(5-2)8-9(3)11(12)13/h4-7,9H,2,8H2,1,3H3,(H,12,13)/b6-4-,10-7+. The average molecular weight is 180 g/mol. The van der Waals surface area contributed by atoms with Crippen LogP contribution in [0, 0.1) is 5.92 Å². The Balaban J connectivity index is 4.28. The normalized spacial score (nSPS) is 14.5. The van der Waals surface area contributed by atoms with Crippen molar-refractivity contribution >= 4 is 5.97 Å². The largest absolute Gasteiger partial charge is 0.481 e. The lowest BCUT2D eigenvalue weighted by Crippen LogP contribution is -2.09. The molecule has 0 radical (unpaired) electrons. The molecular weight excluding hydrogens is 164 g/mol. The second kappa shape index (κ2) is 6.23. The number of allylic oxidation sites excluding steroid dienone is 5. The van der Waals surface area contributed by atoms with Crippen LogP contribution in [0.3, 0.4) is 0 Å². The first-order valence-corrected chi connectivity index (χ1v) is 4.29. The maximum atomic E-state index is 10.5. The van der Waals surface area contributed by atoms with Crippen LogP contribution in [0.4, 0.5) is 0 Å². The van der Waals surface area contributed by atoms with Gasteiger partial charge in [-0.3, -0.25) is 4.79 Å². The minimum Gasteiger partial charge on any atom is -0.481 e. The lowest BCUT2D eigenvalue weighted by Gasteiger charge is -2.05. The van der Waals surface area contributed by atoms with E-state index in [1.807, 2.05) is 25.2 Å². The second-order valence-corrected chi connectivity index (χ2v) is 2.91. The highest BCUT2D eigenvalue weighted by Gasteiger charge is 2.10. The summed E-state index contributed by atoms with van der Waals surface area (Å²) < 4.78 is 0. The summed E-state index contributed by atoms with van der Waals surface area (Å²) in [5.41, 5.74) is 0.952. The number of aliphatic carboxylic acids is 1. The molecule has 2 heteroatoms. The maximum Gasteiger partial charge on any atom is 0.306 e. The summed E-state index contributed by atoms with van der Waals surface area (Å²) in [6.45, 7) is 7.24. The van der Waals surface area contributed by atoms with Gasteiger partial charge in [0.15, 0.2) is 0 Å². The fourth-order valence-electron chi connectivity index (χ4n) is 0.880. The van der Waals surface area contributed by atoms with Gasteiger partial charge >= 0.3 is 5.97 Å². The number of hydrogen-bond acceptors (Lipinski definition) is 1. The van der Waals surface area contributed by atoms with Gasteiger partial charge in [0.05, 0.1) is 5.92 Å². The third kappa shape index (κ3) is 5.01. The molecule has 0 heterocycles. The third-order valence-corrected chi connectivity index (χ3v) is 1.73. The first-order valence-electron chi connectivity index (χ1n) is 4.29. The number of carboxylic acid groups (broad SMARTS) is 1. The van der Waals surface area contributed by atoms with Crippen LogP contribution in [-0.2, 0) is 4.79 Å². The molecule has 13 heavy (non-hydrogen) atoms. The van der Waals surface area contributed by atoms with E-state index in [-0.39, 0.29) is 5.92 Å². The molecule has 0 saturated heterocycles. The number of hydrogen-bond donors (Lipinski definition) is 1. The van der Waals surface area contributed by atoms with Crippen LogP contribution < -0.4 is 0 Å². The summed E-state index contributed by atoms with van der Waals surface area (Å²) in [5.74, 6) is -1.12. The van der Waals surface area contributed by atoms with Crippen molar-refractivity contribution in [2.75, 3.05) is 0 Å². The molecule has 1 unspecified atom stereocenters. The number of rotatable bonds is 5. The first-order chi connectivity index (χ1) is 6.11. The molecular formula is C11H16O2. The van der Waals surface area contributed by atoms with Gasteiger partial charge in [0, 0.05) is 0 Å². The van der Waals surface area contributed by atoms with Gasteiger partial charge in [-0.2, -0.15) is 0 Å². The van der Waals surface area contributed by atoms with Crippen molar-refractivity contribution in [3.05, 3.63) is 36.5 Å². The summed E-state index contributed by atoms with van der Waals surface area (Å²) in [4.78, 5) is 10.5. The smallest absolute Gasteiger partial charge is 0.306 e. The highest BCUT2D eigenvalue weighted by atomic mass is 16.4. The van der Waals surface area contributed by atoms with E-state index < -0.39 is 5.97 Å². The molecule has 0 spiro atoms. The Hall–Kier alpha value is -1.31. The molecule has 2 nitrogen and oxygen atoms in total. The van der Waals surface area contributed by atoms with Gasteiger partial charge in [0.25, 0.3) is 0 Å². The molecule has 1 N–H and O–H groups in total. The van der Waals surface area contributed by atoms with E-state index in [0.29, 0.717) is 6.42 Å². The van der Waals surface area contributed by atoms with E-state index in [9.17, 15) is 4.79 Å². The summed E-state index contributed by atoms with van der Waals surface area (Å²) in [6.07, 6.45) is 7.88. The van der Waals surface area contributed by atoms with Crippen LogP contribution >= 0.6 is 0 Å². The van der Waals surface area contributed by atoms with Crippen molar-refractivity contribution in [2.45, 2.75) is 20.3 Å². The molecule has 0 aliphatic heterocycles. The first kappa shape index (κ1) is 11.7. The quantitative estimate of drug-likeness (QED) is 0.660. The Morgan fingerprint density at radius 1 is 1.62 bits per heavy atom. The zero-order chi connectivity index (χ0) is 10.3. The van der Waals surface area contributed by atoms with Gasteiger partial charge in [-0.05, 0) is 18.9 Å². The van der Waals surface area contributed by atoms with Crippen LogP contribution in [0.25, 0.3) is 0 Å². The van der Waals surface area contributed by atoms with Crippen LogP contribution in [0.5, 0.6) is 0 Å². The van der Waals surface area contributed by atoms with Crippen LogP contribution in [-0.4, -0.2) is 11.1 Å². The predicted molar refractivity (Wildman–Crippen MR) is 54.5 cm³/mol. The van der Waals surface area contributed by atoms with E-state index in [1.54, 1.807) is 13.0 Å². The molecule has 0 fully saturated rings. The second-order valence-electron chi connectivity index (χ2n) is 2.91. The van der Waals surface area contributed by atoms with Gasteiger partial charge in [0.2, 0.25) is 0 Å². The molecule has 72 valence electrons. The van der Waals surface area contributed by atoms with Gasteiger partial charge in [-0.1, -0.05) is 37.8 Å². The SMILES string of the molecule is C=C/C(=C\C=C/C)CC(C)C(=O)O.